The first-order valence-corrected chi connectivity index (χ1v) is 6.67. The monoisotopic (exact) mass is 270 g/mol. The van der Waals surface area contributed by atoms with E-state index in [1.165, 1.54) is 12.1 Å². The van der Waals surface area contributed by atoms with Crippen molar-refractivity contribution in [3.05, 3.63) is 35.4 Å². The van der Waals surface area contributed by atoms with E-state index < -0.39 is 11.6 Å². The number of hydrogen-bond donors (Lipinski definition) is 3. The normalized spacial score (nSPS) is 24.6. The number of aliphatic hydroxyl groups is 1. The van der Waals surface area contributed by atoms with Gasteiger partial charge in [0, 0.05) is 31.3 Å². The zero-order chi connectivity index (χ0) is 13.8. The van der Waals surface area contributed by atoms with E-state index in [1.807, 2.05) is 0 Å². The van der Waals surface area contributed by atoms with Gasteiger partial charge in [-0.2, -0.15) is 0 Å². The molecule has 3 nitrogen and oxygen atoms in total. The lowest BCUT2D eigenvalue weighted by Crippen LogP contribution is -2.39. The van der Waals surface area contributed by atoms with Crippen LogP contribution >= 0.6 is 0 Å². The molecule has 0 saturated heterocycles. The molecule has 1 saturated carbocycles. The van der Waals surface area contributed by atoms with Gasteiger partial charge in [-0.15, -0.1) is 0 Å². The molecule has 0 amide bonds. The molecule has 4 N–H and O–H groups in total. The van der Waals surface area contributed by atoms with E-state index in [9.17, 15) is 13.9 Å². The summed E-state index contributed by atoms with van der Waals surface area (Å²) in [6, 6.07) is 3.32. The Hall–Kier alpha value is -1.04. The highest BCUT2D eigenvalue weighted by Gasteiger charge is 2.28. The molecule has 0 aliphatic heterocycles. The third-order valence-corrected chi connectivity index (χ3v) is 3.83. The van der Waals surface area contributed by atoms with E-state index in [2.05, 4.69) is 5.32 Å². The van der Waals surface area contributed by atoms with Crippen LogP contribution in [0.3, 0.4) is 0 Å². The Bertz CT molecular complexity index is 408. The maximum Gasteiger partial charge on any atom is 0.126 e. The van der Waals surface area contributed by atoms with E-state index in [-0.39, 0.29) is 31.2 Å². The van der Waals surface area contributed by atoms with Crippen molar-refractivity contribution in [1.29, 1.82) is 0 Å². The van der Waals surface area contributed by atoms with Gasteiger partial charge in [-0.05, 0) is 36.5 Å². The number of benzene rings is 1. The topological polar surface area (TPSA) is 58.3 Å². The summed E-state index contributed by atoms with van der Waals surface area (Å²) in [5.41, 5.74) is 6.22. The van der Waals surface area contributed by atoms with Crippen molar-refractivity contribution >= 4 is 0 Å². The molecular formula is C14H20F2N2O. The van der Waals surface area contributed by atoms with Crippen molar-refractivity contribution in [2.24, 2.45) is 11.7 Å². The molecule has 0 bridgehead atoms. The van der Waals surface area contributed by atoms with Crippen LogP contribution in [0.15, 0.2) is 18.2 Å². The highest BCUT2D eigenvalue weighted by atomic mass is 19.1. The van der Waals surface area contributed by atoms with Crippen LogP contribution in [0.2, 0.25) is 0 Å². The summed E-state index contributed by atoms with van der Waals surface area (Å²) in [7, 11) is 0. The van der Waals surface area contributed by atoms with Crippen molar-refractivity contribution in [2.45, 2.75) is 31.3 Å². The van der Waals surface area contributed by atoms with Crippen LogP contribution in [0, 0.1) is 17.6 Å². The Labute approximate surface area is 111 Å². The highest BCUT2D eigenvalue weighted by molar-refractivity contribution is 5.22. The first-order chi connectivity index (χ1) is 9.13. The summed E-state index contributed by atoms with van der Waals surface area (Å²) in [6.45, 7) is 0.393. The van der Waals surface area contributed by atoms with Crippen LogP contribution < -0.4 is 11.1 Å². The van der Waals surface area contributed by atoms with Crippen molar-refractivity contribution in [1.82, 2.24) is 5.32 Å². The molecule has 5 heteroatoms. The fourth-order valence-electron chi connectivity index (χ4n) is 2.81. The highest BCUT2D eigenvalue weighted by Crippen LogP contribution is 2.27. The van der Waals surface area contributed by atoms with Gasteiger partial charge in [-0.3, -0.25) is 0 Å². The SMILES string of the molecule is NCC(NC1CCCC1CO)c1cc(F)cc(F)c1. The van der Waals surface area contributed by atoms with Gasteiger partial charge in [-0.25, -0.2) is 8.78 Å². The van der Waals surface area contributed by atoms with Gasteiger partial charge in [0.15, 0.2) is 0 Å². The van der Waals surface area contributed by atoms with Crippen molar-refractivity contribution in [3.8, 4) is 0 Å². The Morgan fingerprint density at radius 3 is 2.53 bits per heavy atom. The zero-order valence-corrected chi connectivity index (χ0v) is 10.8. The molecule has 0 heterocycles. The molecule has 1 fully saturated rings. The predicted molar refractivity (Wildman–Crippen MR) is 69.5 cm³/mol. The van der Waals surface area contributed by atoms with Gasteiger partial charge >= 0.3 is 0 Å². The summed E-state index contributed by atoms with van der Waals surface area (Å²) in [4.78, 5) is 0. The number of aliphatic hydroxyl groups excluding tert-OH is 1. The minimum atomic E-state index is -0.597. The first-order valence-electron chi connectivity index (χ1n) is 6.67. The average Bonchev–Trinajstić information content (AvgIpc) is 2.81. The molecule has 19 heavy (non-hydrogen) atoms. The fraction of sp³-hybridized carbons (Fsp3) is 0.571. The van der Waals surface area contributed by atoms with Gasteiger partial charge in [0.1, 0.15) is 11.6 Å². The lowest BCUT2D eigenvalue weighted by atomic mass is 10.0. The van der Waals surface area contributed by atoms with E-state index in [0.717, 1.165) is 25.3 Å². The van der Waals surface area contributed by atoms with Gasteiger partial charge in [0.25, 0.3) is 0 Å². The fourth-order valence-corrected chi connectivity index (χ4v) is 2.81. The second-order valence-corrected chi connectivity index (χ2v) is 5.14. The van der Waals surface area contributed by atoms with E-state index in [0.29, 0.717) is 5.56 Å². The minimum absolute atomic E-state index is 0.131. The van der Waals surface area contributed by atoms with Crippen LogP contribution in [0.5, 0.6) is 0 Å². The summed E-state index contributed by atoms with van der Waals surface area (Å²) < 4.78 is 26.5. The van der Waals surface area contributed by atoms with Crippen molar-refractivity contribution in [2.75, 3.05) is 13.2 Å². The number of nitrogens with one attached hydrogen (secondary N) is 1. The quantitative estimate of drug-likeness (QED) is 0.763. The molecule has 0 radical (unpaired) electrons. The van der Waals surface area contributed by atoms with Crippen molar-refractivity contribution < 1.29 is 13.9 Å². The Morgan fingerprint density at radius 1 is 1.26 bits per heavy atom. The molecule has 3 atom stereocenters. The zero-order valence-electron chi connectivity index (χ0n) is 10.8. The lowest BCUT2D eigenvalue weighted by molar-refractivity contribution is 0.199. The van der Waals surface area contributed by atoms with Crippen LogP contribution in [0.4, 0.5) is 8.78 Å². The lowest BCUT2D eigenvalue weighted by Gasteiger charge is -2.26. The molecule has 3 unspecified atom stereocenters. The standard InChI is InChI=1S/C14H20F2N2O/c15-11-4-10(5-12(16)6-11)14(7-17)18-13-3-1-2-9(13)8-19/h4-6,9,13-14,18-19H,1-3,7-8,17H2. The largest absolute Gasteiger partial charge is 0.396 e. The smallest absolute Gasteiger partial charge is 0.126 e. The number of nitrogens with two attached hydrogens (primary N) is 1. The Balaban J connectivity index is 2.11. The maximum atomic E-state index is 13.2. The Morgan fingerprint density at radius 2 is 1.95 bits per heavy atom. The van der Waals surface area contributed by atoms with Crippen LogP contribution in [-0.2, 0) is 0 Å². The van der Waals surface area contributed by atoms with Crippen LogP contribution in [0.1, 0.15) is 30.9 Å². The molecule has 106 valence electrons. The predicted octanol–water partition coefficient (Wildman–Crippen LogP) is 1.72. The van der Waals surface area contributed by atoms with Gasteiger partial charge < -0.3 is 16.2 Å². The summed E-state index contributed by atoms with van der Waals surface area (Å²) in [5, 5.41) is 12.6. The number of halogens is 2. The summed E-state index contributed by atoms with van der Waals surface area (Å²) in [5.74, 6) is -0.992. The molecule has 1 aliphatic rings. The van der Waals surface area contributed by atoms with E-state index >= 15 is 0 Å². The molecule has 2 rings (SSSR count). The van der Waals surface area contributed by atoms with Gasteiger partial charge in [-0.1, -0.05) is 6.42 Å². The van der Waals surface area contributed by atoms with Gasteiger partial charge in [0.05, 0.1) is 0 Å². The van der Waals surface area contributed by atoms with E-state index in [1.54, 1.807) is 0 Å². The molecular weight excluding hydrogens is 250 g/mol. The third-order valence-electron chi connectivity index (χ3n) is 3.83. The van der Waals surface area contributed by atoms with Crippen molar-refractivity contribution in [3.63, 3.8) is 0 Å². The summed E-state index contributed by atoms with van der Waals surface area (Å²) >= 11 is 0. The molecule has 1 aliphatic carbocycles. The van der Waals surface area contributed by atoms with E-state index in [4.69, 9.17) is 5.73 Å². The molecule has 1 aromatic carbocycles. The molecule has 0 spiro atoms. The maximum absolute atomic E-state index is 13.2. The minimum Gasteiger partial charge on any atom is -0.396 e. The third kappa shape index (κ3) is 3.49. The second kappa shape index (κ2) is 6.41. The summed E-state index contributed by atoms with van der Waals surface area (Å²) in [6.07, 6.45) is 2.99. The van der Waals surface area contributed by atoms with Crippen LogP contribution in [0.25, 0.3) is 0 Å². The number of rotatable bonds is 5. The number of hydrogen-bond acceptors (Lipinski definition) is 3. The van der Waals surface area contributed by atoms with Gasteiger partial charge in [0.2, 0.25) is 0 Å². The second-order valence-electron chi connectivity index (χ2n) is 5.14. The molecule has 0 aromatic heterocycles. The molecule has 1 aromatic rings. The average molecular weight is 270 g/mol. The van der Waals surface area contributed by atoms with Crippen LogP contribution in [-0.4, -0.2) is 24.3 Å². The first kappa shape index (κ1) is 14.4. The Kier molecular flexibility index (Phi) is 4.85.